The van der Waals surface area contributed by atoms with Crippen molar-refractivity contribution in [3.05, 3.63) is 77.4 Å². The van der Waals surface area contributed by atoms with Gasteiger partial charge in [0.05, 0.1) is 18.3 Å². The largest absolute Gasteiger partial charge is 0.461 e. The van der Waals surface area contributed by atoms with Gasteiger partial charge in [0.2, 0.25) is 5.89 Å². The average molecular weight is 445 g/mol. The molecule has 0 bridgehead atoms. The van der Waals surface area contributed by atoms with Crippen LogP contribution in [0.3, 0.4) is 0 Å². The van der Waals surface area contributed by atoms with Gasteiger partial charge in [-0.15, -0.1) is 0 Å². The molecule has 4 aromatic rings. The van der Waals surface area contributed by atoms with Crippen molar-refractivity contribution in [2.24, 2.45) is 0 Å². The third-order valence-electron chi connectivity index (χ3n) is 4.74. The highest BCUT2D eigenvalue weighted by Crippen LogP contribution is 2.24. The fourth-order valence-corrected chi connectivity index (χ4v) is 3.15. The number of aliphatic hydroxyl groups is 1. The molecule has 0 spiro atoms. The second-order valence-electron chi connectivity index (χ2n) is 7.46. The Balaban J connectivity index is 1.76. The Labute approximate surface area is 189 Å². The van der Waals surface area contributed by atoms with Crippen LogP contribution in [0.4, 0.5) is 4.39 Å². The molecule has 0 aliphatic heterocycles. The van der Waals surface area contributed by atoms with Crippen LogP contribution < -0.4 is 0 Å². The Morgan fingerprint density at radius 2 is 2.06 bits per heavy atom. The summed E-state index contributed by atoms with van der Waals surface area (Å²) < 4.78 is 24.3. The first-order valence-electron chi connectivity index (χ1n) is 10.2. The van der Waals surface area contributed by atoms with E-state index >= 15 is 0 Å². The minimum Gasteiger partial charge on any atom is -0.461 e. The molecule has 1 N–H and O–H groups in total. The quantitative estimate of drug-likeness (QED) is 0.372. The van der Waals surface area contributed by atoms with Gasteiger partial charge in [0.25, 0.3) is 0 Å². The zero-order valence-corrected chi connectivity index (χ0v) is 18.2. The Morgan fingerprint density at radius 1 is 1.24 bits per heavy atom. The minimum absolute atomic E-state index is 0.0514. The van der Waals surface area contributed by atoms with Crippen molar-refractivity contribution >= 4 is 16.9 Å². The number of benzene rings is 2. The third-order valence-corrected chi connectivity index (χ3v) is 4.74. The van der Waals surface area contributed by atoms with Gasteiger partial charge in [-0.2, -0.15) is 0 Å². The molecule has 2 aromatic heterocycles. The molecule has 0 saturated heterocycles. The molecule has 7 nitrogen and oxygen atoms in total. The van der Waals surface area contributed by atoms with E-state index in [9.17, 15) is 14.3 Å². The normalized spacial score (nSPS) is 12.6. The summed E-state index contributed by atoms with van der Waals surface area (Å²) in [4.78, 5) is 25.3. The second kappa shape index (κ2) is 8.81. The number of aryl methyl sites for hydroxylation is 1. The van der Waals surface area contributed by atoms with Gasteiger partial charge in [-0.25, -0.2) is 24.1 Å². The first kappa shape index (κ1) is 22.1. The number of halogens is 1. The summed E-state index contributed by atoms with van der Waals surface area (Å²) in [5, 5.41) is 11.0. The number of esters is 1. The molecule has 0 aliphatic rings. The number of carbonyl (C=O) groups is 1. The van der Waals surface area contributed by atoms with Crippen LogP contribution >= 0.6 is 0 Å². The van der Waals surface area contributed by atoms with E-state index in [0.717, 1.165) is 0 Å². The highest BCUT2D eigenvalue weighted by molar-refractivity contribution is 6.02. The number of rotatable bonds is 4. The van der Waals surface area contributed by atoms with E-state index in [4.69, 9.17) is 9.15 Å². The van der Waals surface area contributed by atoms with Crippen LogP contribution in [0.5, 0.6) is 0 Å². The highest BCUT2D eigenvalue weighted by Gasteiger charge is 2.26. The maximum absolute atomic E-state index is 13.8. The lowest BCUT2D eigenvalue weighted by atomic mass is 10.1. The summed E-state index contributed by atoms with van der Waals surface area (Å²) in [6.45, 7) is 5.08. The summed E-state index contributed by atoms with van der Waals surface area (Å²) in [7, 11) is 0. The number of hydrogen-bond acceptors (Lipinski definition) is 7. The van der Waals surface area contributed by atoms with Crippen molar-refractivity contribution in [1.82, 2.24) is 15.0 Å². The number of hydrogen-bond donors (Lipinski definition) is 1. The van der Waals surface area contributed by atoms with Crippen LogP contribution in [0.15, 0.2) is 53.1 Å². The molecule has 0 fully saturated rings. The van der Waals surface area contributed by atoms with Gasteiger partial charge in [0.15, 0.2) is 17.1 Å². The molecule has 33 heavy (non-hydrogen) atoms. The molecule has 8 heteroatoms. The van der Waals surface area contributed by atoms with Gasteiger partial charge < -0.3 is 14.3 Å². The molecular weight excluding hydrogens is 425 g/mol. The van der Waals surface area contributed by atoms with E-state index in [2.05, 4.69) is 26.8 Å². The number of ether oxygens (including phenoxy) is 1. The second-order valence-corrected chi connectivity index (χ2v) is 7.46. The number of carbonyl (C=O) groups excluding carboxylic acids is 1. The maximum atomic E-state index is 13.8. The van der Waals surface area contributed by atoms with E-state index in [1.54, 1.807) is 38.1 Å². The summed E-state index contributed by atoms with van der Waals surface area (Å²) in [5.41, 5.74) is -0.128. The van der Waals surface area contributed by atoms with Crippen molar-refractivity contribution in [2.75, 3.05) is 6.61 Å². The number of oxazole rings is 1. The van der Waals surface area contributed by atoms with E-state index < -0.39 is 17.4 Å². The third kappa shape index (κ3) is 4.73. The molecule has 2 aromatic carbocycles. The first-order valence-corrected chi connectivity index (χ1v) is 10.2. The standard InChI is InChI=1S/C25H20FN3O4/c1-4-32-23(30)21-19-9-8-18(26)13-20(19)28-22(29-21)17-7-5-6-16(12-17)10-11-25(3,31)24-27-14-15(2)33-24/h5-9,12-14,31H,4H2,1-3H3/t25-/m0/s1. The molecule has 166 valence electrons. The van der Waals surface area contributed by atoms with E-state index in [1.807, 2.05) is 0 Å². The molecule has 2 heterocycles. The van der Waals surface area contributed by atoms with Crippen molar-refractivity contribution in [3.63, 3.8) is 0 Å². The monoisotopic (exact) mass is 445 g/mol. The van der Waals surface area contributed by atoms with Crippen LogP contribution in [-0.2, 0) is 10.3 Å². The first-order chi connectivity index (χ1) is 15.8. The van der Waals surface area contributed by atoms with Gasteiger partial charge in [-0.3, -0.25) is 0 Å². The lowest BCUT2D eigenvalue weighted by Gasteiger charge is -2.11. The van der Waals surface area contributed by atoms with E-state index in [1.165, 1.54) is 31.3 Å². The van der Waals surface area contributed by atoms with Gasteiger partial charge in [-0.1, -0.05) is 24.0 Å². The Bertz CT molecular complexity index is 1420. The van der Waals surface area contributed by atoms with Crippen molar-refractivity contribution in [3.8, 4) is 23.2 Å². The highest BCUT2D eigenvalue weighted by atomic mass is 19.1. The number of nitrogens with zero attached hydrogens (tertiary/aromatic N) is 3. The molecule has 0 unspecified atom stereocenters. The van der Waals surface area contributed by atoms with Crippen LogP contribution in [0.2, 0.25) is 0 Å². The maximum Gasteiger partial charge on any atom is 0.357 e. The fourth-order valence-electron chi connectivity index (χ4n) is 3.15. The fraction of sp³-hybridized carbons (Fsp3) is 0.200. The Kier molecular flexibility index (Phi) is 5.90. The van der Waals surface area contributed by atoms with Crippen LogP contribution in [-0.4, -0.2) is 32.6 Å². The van der Waals surface area contributed by atoms with Crippen molar-refractivity contribution in [1.29, 1.82) is 0 Å². The SMILES string of the molecule is CCOC(=O)c1nc(-c2cccc(C#C[C@](C)(O)c3ncc(C)o3)c2)nc2cc(F)ccc12. The van der Waals surface area contributed by atoms with Crippen LogP contribution in [0, 0.1) is 24.6 Å². The molecule has 0 amide bonds. The van der Waals surface area contributed by atoms with E-state index in [0.29, 0.717) is 22.3 Å². The van der Waals surface area contributed by atoms with Gasteiger partial charge in [-0.05, 0) is 45.0 Å². The molecule has 4 rings (SSSR count). The molecule has 0 saturated carbocycles. The van der Waals surface area contributed by atoms with Gasteiger partial charge >= 0.3 is 5.97 Å². The smallest absolute Gasteiger partial charge is 0.357 e. The number of aromatic nitrogens is 3. The summed E-state index contributed by atoms with van der Waals surface area (Å²) in [6.07, 6.45) is 1.51. The predicted octanol–water partition coefficient (Wildman–Crippen LogP) is 4.17. The molecule has 1 atom stereocenters. The zero-order chi connectivity index (χ0) is 23.6. The predicted molar refractivity (Wildman–Crippen MR) is 119 cm³/mol. The Morgan fingerprint density at radius 3 is 2.79 bits per heavy atom. The van der Waals surface area contributed by atoms with Gasteiger partial charge in [0.1, 0.15) is 11.6 Å². The van der Waals surface area contributed by atoms with Crippen LogP contribution in [0.25, 0.3) is 22.3 Å². The lowest BCUT2D eigenvalue weighted by Crippen LogP contribution is -2.18. The van der Waals surface area contributed by atoms with E-state index in [-0.39, 0.29) is 29.5 Å². The number of fused-ring (bicyclic) bond motifs is 1. The summed E-state index contributed by atoms with van der Waals surface area (Å²) >= 11 is 0. The van der Waals surface area contributed by atoms with Crippen LogP contribution in [0.1, 0.15) is 41.6 Å². The molecule has 0 aliphatic carbocycles. The summed E-state index contributed by atoms with van der Waals surface area (Å²) in [5.74, 6) is 5.43. The van der Waals surface area contributed by atoms with Crippen molar-refractivity contribution < 1.29 is 23.4 Å². The van der Waals surface area contributed by atoms with Gasteiger partial charge in [0, 0.05) is 22.6 Å². The minimum atomic E-state index is -1.58. The summed E-state index contributed by atoms with van der Waals surface area (Å²) in [6, 6.07) is 10.9. The zero-order valence-electron chi connectivity index (χ0n) is 18.2. The lowest BCUT2D eigenvalue weighted by molar-refractivity contribution is 0.0522. The van der Waals surface area contributed by atoms with Crippen molar-refractivity contribution in [2.45, 2.75) is 26.4 Å². The topological polar surface area (TPSA) is 98.3 Å². The molecule has 0 radical (unpaired) electrons. The Hall–Kier alpha value is -4.09. The molecular formula is C25H20FN3O4. The average Bonchev–Trinajstić information content (AvgIpc) is 3.24.